The van der Waals surface area contributed by atoms with E-state index >= 15 is 0 Å². The summed E-state index contributed by atoms with van der Waals surface area (Å²) in [5.41, 5.74) is -0.736. The molecular weight excluding hydrogens is 480 g/mol. The van der Waals surface area contributed by atoms with Crippen LogP contribution in [0.3, 0.4) is 0 Å². The Morgan fingerprint density at radius 3 is 2.30 bits per heavy atom. The van der Waals surface area contributed by atoms with Crippen molar-refractivity contribution in [1.82, 2.24) is 0 Å². The third kappa shape index (κ3) is 6.26. The van der Waals surface area contributed by atoms with Gasteiger partial charge in [-0.1, -0.05) is 11.6 Å². The van der Waals surface area contributed by atoms with Crippen LogP contribution < -0.4 is 5.32 Å². The third-order valence-electron chi connectivity index (χ3n) is 4.05. The number of nitrogens with zero attached hydrogens (tertiary/aromatic N) is 1. The van der Waals surface area contributed by atoms with E-state index in [1.165, 1.54) is 13.0 Å². The Morgan fingerprint density at radius 1 is 1.06 bits per heavy atom. The van der Waals surface area contributed by atoms with Gasteiger partial charge in [0, 0.05) is 11.1 Å². The van der Waals surface area contributed by atoms with Gasteiger partial charge in [-0.3, -0.25) is 14.9 Å². The Bertz CT molecular complexity index is 1110. The van der Waals surface area contributed by atoms with Crippen LogP contribution >= 0.6 is 22.9 Å². The largest absolute Gasteiger partial charge is 0.462 e. The molecule has 0 aliphatic heterocycles. The van der Waals surface area contributed by atoms with Gasteiger partial charge in [0.05, 0.1) is 23.7 Å². The van der Waals surface area contributed by atoms with Crippen molar-refractivity contribution in [3.05, 3.63) is 54.9 Å². The number of amides is 1. The van der Waals surface area contributed by atoms with Crippen molar-refractivity contribution in [2.45, 2.75) is 20.8 Å². The second-order valence-electron chi connectivity index (χ2n) is 6.24. The number of nitro benzene ring substituents is 1. The van der Waals surface area contributed by atoms with Crippen molar-refractivity contribution in [2.24, 2.45) is 0 Å². The molecule has 0 spiro atoms. The molecule has 0 saturated heterocycles. The standard InChI is InChI=1S/C20H19ClN2O9S/c1-4-30-19(26)15-10(3)16(20(27)31-5-2)33-17(15)22-14(24)9-32-18(25)12-8-11(21)6-7-13(12)23(28)29/h6-8H,4-5,9H2,1-3H3,(H,22,24). The van der Waals surface area contributed by atoms with Gasteiger partial charge in [0.2, 0.25) is 0 Å². The summed E-state index contributed by atoms with van der Waals surface area (Å²) in [4.78, 5) is 59.6. The molecule has 1 aromatic heterocycles. The maximum absolute atomic E-state index is 12.4. The molecule has 33 heavy (non-hydrogen) atoms. The number of thiophene rings is 1. The molecular formula is C20H19ClN2O9S. The van der Waals surface area contributed by atoms with Gasteiger partial charge < -0.3 is 19.5 Å². The highest BCUT2D eigenvalue weighted by Crippen LogP contribution is 2.34. The highest BCUT2D eigenvalue weighted by Gasteiger charge is 2.28. The molecule has 0 saturated carbocycles. The van der Waals surface area contributed by atoms with E-state index in [1.54, 1.807) is 13.8 Å². The van der Waals surface area contributed by atoms with Crippen molar-refractivity contribution >= 4 is 57.4 Å². The van der Waals surface area contributed by atoms with Crippen molar-refractivity contribution in [2.75, 3.05) is 25.1 Å². The summed E-state index contributed by atoms with van der Waals surface area (Å²) in [5, 5.41) is 13.6. The van der Waals surface area contributed by atoms with Crippen LogP contribution in [0.5, 0.6) is 0 Å². The number of anilines is 1. The normalized spacial score (nSPS) is 10.3. The van der Waals surface area contributed by atoms with Crippen molar-refractivity contribution < 1.29 is 38.3 Å². The molecule has 1 aromatic carbocycles. The zero-order valence-corrected chi connectivity index (χ0v) is 19.3. The molecule has 0 aliphatic rings. The molecule has 0 atom stereocenters. The van der Waals surface area contributed by atoms with Crippen LogP contribution in [0.1, 0.15) is 49.8 Å². The van der Waals surface area contributed by atoms with Crippen LogP contribution in [0.15, 0.2) is 18.2 Å². The van der Waals surface area contributed by atoms with Crippen LogP contribution in [-0.4, -0.2) is 48.6 Å². The fourth-order valence-electron chi connectivity index (χ4n) is 2.64. The molecule has 11 nitrogen and oxygen atoms in total. The molecule has 0 fully saturated rings. The van der Waals surface area contributed by atoms with Crippen molar-refractivity contribution in [3.8, 4) is 0 Å². The summed E-state index contributed by atoms with van der Waals surface area (Å²) >= 11 is 6.58. The first kappa shape index (κ1) is 25.7. The molecule has 0 aliphatic carbocycles. The number of hydrogen-bond acceptors (Lipinski definition) is 10. The smallest absolute Gasteiger partial charge is 0.348 e. The number of benzene rings is 1. The first-order valence-electron chi connectivity index (χ1n) is 9.49. The van der Waals surface area contributed by atoms with E-state index in [9.17, 15) is 29.3 Å². The van der Waals surface area contributed by atoms with E-state index < -0.39 is 46.6 Å². The predicted octanol–water partition coefficient (Wildman–Crippen LogP) is 3.77. The fraction of sp³-hybridized carbons (Fsp3) is 0.300. The number of carbonyl (C=O) groups excluding carboxylic acids is 4. The highest BCUT2D eigenvalue weighted by molar-refractivity contribution is 7.18. The average molecular weight is 499 g/mol. The predicted molar refractivity (Wildman–Crippen MR) is 118 cm³/mol. The van der Waals surface area contributed by atoms with Gasteiger partial charge in [0.1, 0.15) is 15.4 Å². The molecule has 1 heterocycles. The average Bonchev–Trinajstić information content (AvgIpc) is 3.07. The van der Waals surface area contributed by atoms with Gasteiger partial charge in [-0.25, -0.2) is 14.4 Å². The van der Waals surface area contributed by atoms with E-state index in [2.05, 4.69) is 5.32 Å². The maximum atomic E-state index is 12.4. The first-order chi connectivity index (χ1) is 15.6. The molecule has 1 N–H and O–H groups in total. The number of esters is 3. The second-order valence-corrected chi connectivity index (χ2v) is 7.70. The second kappa shape index (κ2) is 11.4. The molecule has 0 radical (unpaired) electrons. The zero-order chi connectivity index (χ0) is 24.7. The molecule has 0 unspecified atom stereocenters. The lowest BCUT2D eigenvalue weighted by molar-refractivity contribution is -0.385. The van der Waals surface area contributed by atoms with E-state index in [1.807, 2.05) is 0 Å². The fourth-order valence-corrected chi connectivity index (χ4v) is 3.92. The lowest BCUT2D eigenvalue weighted by Gasteiger charge is -2.08. The zero-order valence-electron chi connectivity index (χ0n) is 17.8. The van der Waals surface area contributed by atoms with Crippen LogP contribution in [0.4, 0.5) is 10.7 Å². The molecule has 1 amide bonds. The lowest BCUT2D eigenvalue weighted by Crippen LogP contribution is -2.22. The van der Waals surface area contributed by atoms with Crippen molar-refractivity contribution in [1.29, 1.82) is 0 Å². The van der Waals surface area contributed by atoms with E-state index in [-0.39, 0.29) is 39.2 Å². The Morgan fingerprint density at radius 2 is 1.70 bits per heavy atom. The number of halogens is 1. The van der Waals surface area contributed by atoms with E-state index in [0.717, 1.165) is 23.5 Å². The summed E-state index contributed by atoms with van der Waals surface area (Å²) in [6.45, 7) is 4.07. The number of carbonyl (C=O) groups is 4. The van der Waals surface area contributed by atoms with Crippen LogP contribution in [-0.2, 0) is 19.0 Å². The Balaban J connectivity index is 2.21. The van der Waals surface area contributed by atoms with Gasteiger partial charge in [0.15, 0.2) is 6.61 Å². The first-order valence-corrected chi connectivity index (χ1v) is 10.7. The SMILES string of the molecule is CCOC(=O)c1sc(NC(=O)COC(=O)c2cc(Cl)ccc2[N+](=O)[O-])c(C(=O)OCC)c1C. The Labute approximate surface area is 196 Å². The summed E-state index contributed by atoms with van der Waals surface area (Å²) in [6.07, 6.45) is 0. The molecule has 176 valence electrons. The summed E-state index contributed by atoms with van der Waals surface area (Å²) in [6, 6.07) is 3.32. The van der Waals surface area contributed by atoms with Gasteiger partial charge in [-0.15, -0.1) is 11.3 Å². The number of rotatable bonds is 9. The Hall–Kier alpha value is -3.51. The molecule has 0 bridgehead atoms. The van der Waals surface area contributed by atoms with Crippen LogP contribution in [0, 0.1) is 17.0 Å². The minimum absolute atomic E-state index is 0.00351. The van der Waals surface area contributed by atoms with E-state index in [4.69, 9.17) is 25.8 Å². The van der Waals surface area contributed by atoms with Gasteiger partial charge in [-0.2, -0.15) is 0 Å². The number of hydrogen-bond donors (Lipinski definition) is 1. The number of nitrogens with one attached hydrogen (secondary N) is 1. The van der Waals surface area contributed by atoms with Crippen LogP contribution in [0.25, 0.3) is 0 Å². The lowest BCUT2D eigenvalue weighted by atomic mass is 10.1. The Kier molecular flexibility index (Phi) is 8.88. The highest BCUT2D eigenvalue weighted by atomic mass is 35.5. The van der Waals surface area contributed by atoms with Crippen molar-refractivity contribution in [3.63, 3.8) is 0 Å². The van der Waals surface area contributed by atoms with Gasteiger partial charge in [0.25, 0.3) is 11.6 Å². The van der Waals surface area contributed by atoms with Gasteiger partial charge in [-0.05, 0) is 38.5 Å². The minimum Gasteiger partial charge on any atom is -0.462 e. The summed E-state index contributed by atoms with van der Waals surface area (Å²) in [7, 11) is 0. The molecule has 2 aromatic rings. The monoisotopic (exact) mass is 498 g/mol. The number of nitro groups is 1. The topological polar surface area (TPSA) is 151 Å². The maximum Gasteiger partial charge on any atom is 0.348 e. The quantitative estimate of drug-likeness (QED) is 0.235. The summed E-state index contributed by atoms with van der Waals surface area (Å²) in [5.74, 6) is -3.43. The minimum atomic E-state index is -1.14. The summed E-state index contributed by atoms with van der Waals surface area (Å²) < 4.78 is 14.8. The molecule has 13 heteroatoms. The van der Waals surface area contributed by atoms with E-state index in [0.29, 0.717) is 0 Å². The van der Waals surface area contributed by atoms with Gasteiger partial charge >= 0.3 is 17.9 Å². The number of ether oxygens (including phenoxy) is 3. The molecule has 2 rings (SSSR count). The van der Waals surface area contributed by atoms with Crippen LogP contribution in [0.2, 0.25) is 5.02 Å². The third-order valence-corrected chi connectivity index (χ3v) is 5.47.